The minimum absolute atomic E-state index is 0.0143. The van der Waals surface area contributed by atoms with E-state index in [-0.39, 0.29) is 5.69 Å². The first-order valence-electron chi connectivity index (χ1n) is 7.48. The van der Waals surface area contributed by atoms with Gasteiger partial charge in [-0.25, -0.2) is 9.98 Å². The normalized spacial score (nSPS) is 12.3. The van der Waals surface area contributed by atoms with Crippen molar-refractivity contribution in [2.24, 2.45) is 4.99 Å². The van der Waals surface area contributed by atoms with Crippen LogP contribution in [0.2, 0.25) is 5.02 Å². The Morgan fingerprint density at radius 1 is 1.04 bits per heavy atom. The molecule has 0 saturated heterocycles. The van der Waals surface area contributed by atoms with E-state index >= 15 is 0 Å². The summed E-state index contributed by atoms with van der Waals surface area (Å²) >= 11 is 6.16. The van der Waals surface area contributed by atoms with Crippen molar-refractivity contribution < 1.29 is 4.92 Å². The minimum atomic E-state index is -0.412. The van der Waals surface area contributed by atoms with Gasteiger partial charge < -0.3 is 5.32 Å². The Hall–Kier alpha value is -3.25. The second-order valence-electron chi connectivity index (χ2n) is 5.42. The van der Waals surface area contributed by atoms with Crippen LogP contribution in [0.25, 0.3) is 0 Å². The van der Waals surface area contributed by atoms with Crippen LogP contribution < -0.4 is 5.32 Å². The molecule has 6 nitrogen and oxygen atoms in total. The van der Waals surface area contributed by atoms with Crippen LogP contribution in [0.4, 0.5) is 22.9 Å². The minimum Gasteiger partial charge on any atom is -0.338 e. The maximum Gasteiger partial charge on any atom is 0.278 e. The third kappa shape index (κ3) is 2.72. The highest BCUT2D eigenvalue weighted by atomic mass is 35.5. The molecule has 122 valence electrons. The molecule has 1 aliphatic heterocycles. The predicted octanol–water partition coefficient (Wildman–Crippen LogP) is 4.87. The number of para-hydroxylation sites is 1. The van der Waals surface area contributed by atoms with Gasteiger partial charge in [-0.15, -0.1) is 0 Å². The highest BCUT2D eigenvalue weighted by molar-refractivity contribution is 6.32. The van der Waals surface area contributed by atoms with Gasteiger partial charge in [0.2, 0.25) is 0 Å². The van der Waals surface area contributed by atoms with Gasteiger partial charge in [0.05, 0.1) is 16.2 Å². The van der Waals surface area contributed by atoms with Crippen molar-refractivity contribution in [3.63, 3.8) is 0 Å². The van der Waals surface area contributed by atoms with Gasteiger partial charge in [-0.2, -0.15) is 0 Å². The van der Waals surface area contributed by atoms with E-state index in [2.05, 4.69) is 15.3 Å². The topological polar surface area (TPSA) is 80.4 Å². The fourth-order valence-corrected chi connectivity index (χ4v) is 2.92. The van der Waals surface area contributed by atoms with E-state index in [4.69, 9.17) is 11.6 Å². The first-order valence-corrected chi connectivity index (χ1v) is 7.86. The molecular weight excluding hydrogens is 340 g/mol. The Balaban J connectivity index is 2.05. The molecule has 3 aromatic rings. The van der Waals surface area contributed by atoms with Crippen molar-refractivity contribution in [3.8, 4) is 0 Å². The van der Waals surface area contributed by atoms with Crippen molar-refractivity contribution in [2.45, 2.75) is 0 Å². The number of nitrogens with zero attached hydrogens (tertiary/aromatic N) is 3. The smallest absolute Gasteiger partial charge is 0.278 e. The van der Waals surface area contributed by atoms with Gasteiger partial charge in [0.1, 0.15) is 5.69 Å². The first-order chi connectivity index (χ1) is 12.1. The van der Waals surface area contributed by atoms with Gasteiger partial charge in [-0.3, -0.25) is 10.1 Å². The molecule has 1 aromatic heterocycles. The number of aliphatic imine (C=N–C) groups is 1. The van der Waals surface area contributed by atoms with Crippen molar-refractivity contribution >= 4 is 40.2 Å². The third-order valence-electron chi connectivity index (χ3n) is 3.86. The lowest BCUT2D eigenvalue weighted by molar-refractivity contribution is -0.385. The average Bonchev–Trinajstić information content (AvgIpc) is 2.78. The number of hydrogen-bond acceptors (Lipinski definition) is 5. The Bertz CT molecular complexity index is 1030. The predicted molar refractivity (Wildman–Crippen MR) is 97.4 cm³/mol. The highest BCUT2D eigenvalue weighted by Gasteiger charge is 2.24. The first kappa shape index (κ1) is 15.3. The number of nitrogens with one attached hydrogen (secondary N) is 1. The number of hydrogen-bond donors (Lipinski definition) is 1. The zero-order valence-electron chi connectivity index (χ0n) is 12.8. The number of fused-ring (bicyclic) bond motifs is 2. The Morgan fingerprint density at radius 3 is 2.72 bits per heavy atom. The molecule has 0 amide bonds. The van der Waals surface area contributed by atoms with Gasteiger partial charge in [0.15, 0.2) is 5.82 Å². The zero-order chi connectivity index (χ0) is 17.4. The van der Waals surface area contributed by atoms with Crippen molar-refractivity contribution in [1.29, 1.82) is 0 Å². The summed E-state index contributed by atoms with van der Waals surface area (Å²) in [6, 6.07) is 15.4. The molecule has 0 fully saturated rings. The lowest BCUT2D eigenvalue weighted by Crippen LogP contribution is -2.08. The van der Waals surface area contributed by atoms with E-state index in [0.29, 0.717) is 33.4 Å². The summed E-state index contributed by atoms with van der Waals surface area (Å²) in [7, 11) is 0. The fraction of sp³-hybridized carbons (Fsp3) is 0. The van der Waals surface area contributed by atoms with Crippen LogP contribution in [-0.2, 0) is 0 Å². The fourth-order valence-electron chi connectivity index (χ4n) is 2.75. The molecule has 1 N–H and O–H groups in total. The average molecular weight is 351 g/mol. The van der Waals surface area contributed by atoms with E-state index in [1.165, 1.54) is 6.07 Å². The third-order valence-corrected chi connectivity index (χ3v) is 4.10. The van der Waals surface area contributed by atoms with Crippen molar-refractivity contribution in [1.82, 2.24) is 4.98 Å². The summed E-state index contributed by atoms with van der Waals surface area (Å²) in [6.45, 7) is 0. The van der Waals surface area contributed by atoms with Gasteiger partial charge in [0.25, 0.3) is 5.69 Å². The molecule has 0 atom stereocenters. The van der Waals surface area contributed by atoms with Crippen LogP contribution in [0.5, 0.6) is 0 Å². The standard InChI is InChI=1S/C18H11ClN4O2/c19-11-7-8-14-13(10-11)17(12-4-1-2-6-16(12)23(24)25)21-15-5-3-9-20-18(15)22-14/h1-10H,(H,20,22). The summed E-state index contributed by atoms with van der Waals surface area (Å²) in [4.78, 5) is 20.0. The molecule has 1 aliphatic rings. The van der Waals surface area contributed by atoms with E-state index < -0.39 is 4.92 Å². The molecule has 0 radical (unpaired) electrons. The lowest BCUT2D eigenvalue weighted by atomic mass is 9.99. The molecule has 4 rings (SSSR count). The summed E-state index contributed by atoms with van der Waals surface area (Å²) in [5, 5.41) is 15.2. The molecule has 0 aliphatic carbocycles. The Kier molecular flexibility index (Phi) is 3.66. The van der Waals surface area contributed by atoms with Crippen LogP contribution in [-0.4, -0.2) is 15.6 Å². The SMILES string of the molecule is O=[N+]([O-])c1ccccc1C1=Nc2cccnc2Nc2ccc(Cl)cc21. The number of nitro groups is 1. The molecule has 2 heterocycles. The molecule has 2 aromatic carbocycles. The number of nitro benzene ring substituents is 1. The molecular formula is C18H11ClN4O2. The maximum atomic E-state index is 11.5. The van der Waals surface area contributed by atoms with E-state index in [9.17, 15) is 10.1 Å². The molecule has 7 heteroatoms. The van der Waals surface area contributed by atoms with Crippen LogP contribution in [0, 0.1) is 10.1 Å². The molecule has 0 saturated carbocycles. The number of anilines is 2. The summed E-state index contributed by atoms with van der Waals surface area (Å²) in [5.74, 6) is 0.583. The number of rotatable bonds is 2. The van der Waals surface area contributed by atoms with Gasteiger partial charge in [-0.05, 0) is 36.4 Å². The Morgan fingerprint density at radius 2 is 1.88 bits per heavy atom. The van der Waals surface area contributed by atoms with Gasteiger partial charge >= 0.3 is 0 Å². The molecule has 25 heavy (non-hydrogen) atoms. The molecule has 0 spiro atoms. The largest absolute Gasteiger partial charge is 0.338 e. The zero-order valence-corrected chi connectivity index (χ0v) is 13.6. The quantitative estimate of drug-likeness (QED) is 0.413. The number of aromatic nitrogens is 1. The second kappa shape index (κ2) is 5.99. The molecule has 0 bridgehead atoms. The lowest BCUT2D eigenvalue weighted by Gasteiger charge is -2.11. The van der Waals surface area contributed by atoms with Crippen LogP contribution >= 0.6 is 11.6 Å². The molecule has 0 unspecified atom stereocenters. The monoisotopic (exact) mass is 350 g/mol. The number of halogens is 1. The Labute approximate surface area is 148 Å². The van der Waals surface area contributed by atoms with Gasteiger partial charge in [-0.1, -0.05) is 23.7 Å². The van der Waals surface area contributed by atoms with E-state index in [1.807, 2.05) is 6.07 Å². The van der Waals surface area contributed by atoms with Crippen LogP contribution in [0.1, 0.15) is 11.1 Å². The van der Waals surface area contributed by atoms with Crippen molar-refractivity contribution in [2.75, 3.05) is 5.32 Å². The van der Waals surface area contributed by atoms with E-state index in [0.717, 1.165) is 5.69 Å². The highest BCUT2D eigenvalue weighted by Crippen LogP contribution is 2.36. The van der Waals surface area contributed by atoms with Gasteiger partial charge in [0, 0.05) is 28.5 Å². The summed E-state index contributed by atoms with van der Waals surface area (Å²) in [5.41, 5.74) is 2.90. The number of pyridine rings is 1. The van der Waals surface area contributed by atoms with Crippen LogP contribution in [0.15, 0.2) is 65.8 Å². The van der Waals surface area contributed by atoms with Crippen LogP contribution in [0.3, 0.4) is 0 Å². The summed E-state index contributed by atoms with van der Waals surface area (Å²) < 4.78 is 0. The van der Waals surface area contributed by atoms with E-state index in [1.54, 1.807) is 48.7 Å². The summed E-state index contributed by atoms with van der Waals surface area (Å²) in [6.07, 6.45) is 1.66. The number of benzene rings is 2. The van der Waals surface area contributed by atoms with Crippen molar-refractivity contribution in [3.05, 3.63) is 87.1 Å². The second-order valence-corrected chi connectivity index (χ2v) is 5.86. The maximum absolute atomic E-state index is 11.5.